The Bertz CT molecular complexity index is 336. The number of thiol groups is 1. The van der Waals surface area contributed by atoms with Gasteiger partial charge in [0.15, 0.2) is 12.1 Å². The minimum absolute atomic E-state index is 0. The Morgan fingerprint density at radius 1 is 1.46 bits per heavy atom. The molecule has 0 heterocycles. The van der Waals surface area contributed by atoms with Gasteiger partial charge in [0.2, 0.25) is 0 Å². The van der Waals surface area contributed by atoms with Gasteiger partial charge in [-0.05, 0) is 19.1 Å². The zero-order chi connectivity index (χ0) is 9.14. The van der Waals surface area contributed by atoms with Gasteiger partial charge in [0.1, 0.15) is 0 Å². The number of hydrogen-bond donors (Lipinski definition) is 1. The molecule has 0 saturated carbocycles. The van der Waals surface area contributed by atoms with E-state index >= 15 is 0 Å². The summed E-state index contributed by atoms with van der Waals surface area (Å²) in [6.07, 6.45) is 0.689. The number of benzene rings is 1. The van der Waals surface area contributed by atoms with Crippen LogP contribution in [0.4, 0.5) is 0 Å². The van der Waals surface area contributed by atoms with E-state index in [-0.39, 0.29) is 25.3 Å². The van der Waals surface area contributed by atoms with Gasteiger partial charge in [-0.3, -0.25) is 9.59 Å². The number of Topliss-reactive ketones (excluding diaryl/α,β-unsaturated/α-hetero) is 1. The van der Waals surface area contributed by atoms with Crippen molar-refractivity contribution in [3.63, 3.8) is 0 Å². The molecule has 2 nitrogen and oxygen atoms in total. The van der Waals surface area contributed by atoms with Crippen LogP contribution >= 0.6 is 12.6 Å². The van der Waals surface area contributed by atoms with Crippen LogP contribution in [0.3, 0.4) is 0 Å². The first-order valence-electron chi connectivity index (χ1n) is 3.44. The SMILES string of the molecule is CC(=O)c1ccc(S)c(C=O)c1.[Zn+2]. The van der Waals surface area contributed by atoms with Crippen LogP contribution in [0.5, 0.6) is 0 Å². The zero-order valence-corrected chi connectivity index (χ0v) is 11.1. The second-order valence-corrected chi connectivity index (χ2v) is 2.93. The van der Waals surface area contributed by atoms with Crippen LogP contribution in [-0.2, 0) is 19.5 Å². The summed E-state index contributed by atoms with van der Waals surface area (Å²) in [5, 5.41) is 0. The van der Waals surface area contributed by atoms with Gasteiger partial charge in [0.25, 0.3) is 0 Å². The third kappa shape index (κ3) is 3.05. The molecule has 0 spiro atoms. The van der Waals surface area contributed by atoms with Crippen molar-refractivity contribution >= 4 is 24.7 Å². The van der Waals surface area contributed by atoms with Crippen molar-refractivity contribution in [1.82, 2.24) is 0 Å². The first-order chi connectivity index (χ1) is 5.65. The maximum absolute atomic E-state index is 10.9. The molecule has 0 unspecified atom stereocenters. The van der Waals surface area contributed by atoms with Crippen LogP contribution in [0.25, 0.3) is 0 Å². The van der Waals surface area contributed by atoms with E-state index in [0.29, 0.717) is 22.3 Å². The van der Waals surface area contributed by atoms with Crippen molar-refractivity contribution in [1.29, 1.82) is 0 Å². The van der Waals surface area contributed by atoms with E-state index in [1.165, 1.54) is 13.0 Å². The summed E-state index contributed by atoms with van der Waals surface area (Å²) in [5.41, 5.74) is 0.987. The Labute approximate surface area is 94.9 Å². The topological polar surface area (TPSA) is 34.1 Å². The second-order valence-electron chi connectivity index (χ2n) is 2.45. The summed E-state index contributed by atoms with van der Waals surface area (Å²) in [7, 11) is 0. The fourth-order valence-corrected chi connectivity index (χ4v) is 1.06. The van der Waals surface area contributed by atoms with Gasteiger partial charge in [-0.2, -0.15) is 0 Å². The quantitative estimate of drug-likeness (QED) is 0.374. The number of aldehydes is 1. The Morgan fingerprint density at radius 2 is 2.08 bits per heavy atom. The van der Waals surface area contributed by atoms with E-state index in [2.05, 4.69) is 12.6 Å². The minimum atomic E-state index is -0.0496. The van der Waals surface area contributed by atoms with Crippen molar-refractivity contribution in [3.8, 4) is 0 Å². The van der Waals surface area contributed by atoms with Gasteiger partial charge in [-0.1, -0.05) is 6.07 Å². The van der Waals surface area contributed by atoms with Crippen molar-refractivity contribution in [2.75, 3.05) is 0 Å². The summed E-state index contributed by atoms with van der Waals surface area (Å²) < 4.78 is 0. The first kappa shape index (κ1) is 12.5. The molecule has 0 saturated heterocycles. The largest absolute Gasteiger partial charge is 2.00 e. The Kier molecular flexibility index (Phi) is 5.11. The molecule has 0 aliphatic heterocycles. The molecule has 0 bridgehead atoms. The predicted octanol–water partition coefficient (Wildman–Crippen LogP) is 1.99. The van der Waals surface area contributed by atoms with E-state index in [4.69, 9.17) is 0 Å². The zero-order valence-electron chi connectivity index (χ0n) is 7.28. The van der Waals surface area contributed by atoms with Gasteiger partial charge in [0, 0.05) is 16.0 Å². The maximum Gasteiger partial charge on any atom is 2.00 e. The normalized spacial score (nSPS) is 8.77. The minimum Gasteiger partial charge on any atom is -0.298 e. The Hall–Kier alpha value is -0.467. The third-order valence-corrected chi connectivity index (χ3v) is 1.97. The molecule has 0 aliphatic rings. The summed E-state index contributed by atoms with van der Waals surface area (Å²) in [6.45, 7) is 1.46. The van der Waals surface area contributed by atoms with Crippen LogP contribution in [0.15, 0.2) is 23.1 Å². The van der Waals surface area contributed by atoms with Gasteiger partial charge in [-0.25, -0.2) is 0 Å². The number of hydrogen-bond acceptors (Lipinski definition) is 3. The fraction of sp³-hybridized carbons (Fsp3) is 0.111. The number of ketones is 1. The second kappa shape index (κ2) is 5.30. The van der Waals surface area contributed by atoms with Crippen molar-refractivity contribution in [3.05, 3.63) is 29.3 Å². The van der Waals surface area contributed by atoms with E-state index in [1.807, 2.05) is 0 Å². The fourth-order valence-electron chi connectivity index (χ4n) is 0.868. The molecule has 0 N–H and O–H groups in total. The molecule has 1 rings (SSSR count). The molecule has 1 aromatic carbocycles. The van der Waals surface area contributed by atoms with E-state index in [0.717, 1.165) is 0 Å². The number of carbonyl (C=O) groups is 2. The molecular weight excluding hydrogens is 238 g/mol. The van der Waals surface area contributed by atoms with E-state index in [9.17, 15) is 9.59 Å². The Balaban J connectivity index is 0.00000144. The van der Waals surface area contributed by atoms with Crippen LogP contribution in [0.1, 0.15) is 27.6 Å². The van der Waals surface area contributed by atoms with Gasteiger partial charge >= 0.3 is 19.5 Å². The van der Waals surface area contributed by atoms with Crippen LogP contribution in [0.2, 0.25) is 0 Å². The van der Waals surface area contributed by atoms with Crippen molar-refractivity contribution in [2.45, 2.75) is 11.8 Å². The molecule has 62 valence electrons. The molecule has 0 aliphatic carbocycles. The number of rotatable bonds is 2. The summed E-state index contributed by atoms with van der Waals surface area (Å²) in [4.78, 5) is 21.9. The third-order valence-electron chi connectivity index (χ3n) is 1.56. The standard InChI is InChI=1S/C9H8O2S.Zn/c1-6(11)7-2-3-9(12)8(4-7)5-10;/h2-5,12H,1H3;/q;+2. The van der Waals surface area contributed by atoms with Gasteiger partial charge < -0.3 is 0 Å². The summed E-state index contributed by atoms with van der Waals surface area (Å²) in [5.74, 6) is -0.0496. The Morgan fingerprint density at radius 3 is 2.54 bits per heavy atom. The maximum atomic E-state index is 10.9. The molecule has 0 amide bonds. The van der Waals surface area contributed by atoms with Crippen LogP contribution in [-0.4, -0.2) is 12.1 Å². The van der Waals surface area contributed by atoms with Crippen LogP contribution < -0.4 is 0 Å². The molecular formula is C9H8O2SZn+2. The predicted molar refractivity (Wildman–Crippen MR) is 49.1 cm³/mol. The average Bonchev–Trinajstić information content (AvgIpc) is 2.05. The average molecular weight is 246 g/mol. The van der Waals surface area contributed by atoms with E-state index < -0.39 is 0 Å². The van der Waals surface area contributed by atoms with E-state index in [1.54, 1.807) is 12.1 Å². The van der Waals surface area contributed by atoms with Crippen molar-refractivity contribution < 1.29 is 29.1 Å². The molecule has 0 aromatic heterocycles. The molecule has 4 heteroatoms. The first-order valence-corrected chi connectivity index (χ1v) is 3.89. The molecule has 0 radical (unpaired) electrons. The summed E-state index contributed by atoms with van der Waals surface area (Å²) >= 11 is 4.05. The molecule has 1 aromatic rings. The van der Waals surface area contributed by atoms with Crippen LogP contribution in [0, 0.1) is 0 Å². The van der Waals surface area contributed by atoms with Gasteiger partial charge in [-0.15, -0.1) is 12.6 Å². The summed E-state index contributed by atoms with van der Waals surface area (Å²) in [6, 6.07) is 4.83. The number of carbonyl (C=O) groups excluding carboxylic acids is 2. The molecule has 0 atom stereocenters. The monoisotopic (exact) mass is 244 g/mol. The van der Waals surface area contributed by atoms with Gasteiger partial charge in [0.05, 0.1) is 0 Å². The molecule has 13 heavy (non-hydrogen) atoms. The molecule has 0 fully saturated rings. The smallest absolute Gasteiger partial charge is 0.298 e. The van der Waals surface area contributed by atoms with Crippen molar-refractivity contribution in [2.24, 2.45) is 0 Å².